The van der Waals surface area contributed by atoms with Crippen LogP contribution in [-0.2, 0) is 19.6 Å². The minimum absolute atomic E-state index is 0.00788. The lowest BCUT2D eigenvalue weighted by atomic mass is 9.69. The Labute approximate surface area is 236 Å². The van der Waals surface area contributed by atoms with E-state index < -0.39 is 45.8 Å². The summed E-state index contributed by atoms with van der Waals surface area (Å²) in [7, 11) is -3.78. The molecule has 4 aliphatic rings. The third-order valence-corrected chi connectivity index (χ3v) is 12.7. The van der Waals surface area contributed by atoms with E-state index in [1.165, 1.54) is 51.4 Å². The molecule has 4 fully saturated rings. The first-order valence-corrected chi connectivity index (χ1v) is 17.4. The molecule has 0 unspecified atom stereocenters. The van der Waals surface area contributed by atoms with Crippen LogP contribution in [0.4, 0.5) is 0 Å². The topological polar surface area (TPSA) is 104 Å². The number of nitrogens with zero attached hydrogens (tertiary/aromatic N) is 1. The fraction of sp³-hybridized carbons (Fsp3) is 0.903. The van der Waals surface area contributed by atoms with Crippen molar-refractivity contribution in [3.63, 3.8) is 0 Å². The molecule has 2 heterocycles. The molecule has 0 aromatic heterocycles. The average molecular weight is 568 g/mol. The monoisotopic (exact) mass is 567 g/mol. The van der Waals surface area contributed by atoms with Gasteiger partial charge in [0.1, 0.15) is 0 Å². The second-order valence-electron chi connectivity index (χ2n) is 13.4. The molecule has 2 saturated carbocycles. The van der Waals surface area contributed by atoms with Crippen LogP contribution in [0.25, 0.3) is 0 Å². The molecular weight excluding hydrogens is 514 g/mol. The van der Waals surface area contributed by atoms with E-state index in [-0.39, 0.29) is 17.2 Å². The molecule has 224 valence electrons. The Bertz CT molecular complexity index is 964. The summed E-state index contributed by atoms with van der Waals surface area (Å²) in [6.07, 6.45) is 17.3. The lowest BCUT2D eigenvalue weighted by Gasteiger charge is -2.37. The number of carbonyl (C=O) groups excluding carboxylic acids is 1. The van der Waals surface area contributed by atoms with Gasteiger partial charge in [-0.1, -0.05) is 77.9 Å². The van der Waals surface area contributed by atoms with Gasteiger partial charge in [0.2, 0.25) is 10.0 Å². The summed E-state index contributed by atoms with van der Waals surface area (Å²) in [6.45, 7) is 6.53. The lowest BCUT2D eigenvalue weighted by molar-refractivity contribution is -0.148. The van der Waals surface area contributed by atoms with Crippen LogP contribution in [0.15, 0.2) is 12.2 Å². The molecule has 0 radical (unpaired) electrons. The molecule has 39 heavy (non-hydrogen) atoms. The molecule has 0 aromatic carbocycles. The van der Waals surface area contributed by atoms with E-state index in [4.69, 9.17) is 4.74 Å². The van der Waals surface area contributed by atoms with Crippen LogP contribution < -0.4 is 0 Å². The number of carbonyl (C=O) groups is 1. The SMILES string of the molecule is CCCCCCCCCC/C=C/CC[C@H](O)[C@@H]1CC[C@H]([C@H](O)C(=O)N2[C@H]3C[C@@H]4CC[C@@]3(CS2(=O)=O)C4(C)C)O1. The zero-order valence-corrected chi connectivity index (χ0v) is 25.3. The number of sulfonamides is 1. The molecule has 2 saturated heterocycles. The van der Waals surface area contributed by atoms with Crippen molar-refractivity contribution in [3.05, 3.63) is 12.2 Å². The van der Waals surface area contributed by atoms with Crippen LogP contribution in [0.5, 0.6) is 0 Å². The number of allylic oxidation sites excluding steroid dienone is 2. The van der Waals surface area contributed by atoms with Crippen molar-refractivity contribution in [1.29, 1.82) is 0 Å². The van der Waals surface area contributed by atoms with Crippen LogP contribution >= 0.6 is 0 Å². The maximum Gasteiger partial charge on any atom is 0.267 e. The number of aliphatic hydroxyl groups is 2. The van der Waals surface area contributed by atoms with Gasteiger partial charge in [-0.2, -0.15) is 0 Å². The standard InChI is InChI=1S/C31H53NO6S/c1-4-5-6-7-8-9-10-11-12-13-14-15-16-24(33)25-17-18-26(38-25)28(34)29(35)32-27-21-23-19-20-31(27,30(23,2)3)22-39(32,36)37/h13-14,23-28,33-34H,4-12,15-22H2,1-3H3/b14-13+/t23-,24-,25-,26+,27-,28-,31-/m0/s1. The van der Waals surface area contributed by atoms with Crippen molar-refractivity contribution in [2.45, 2.75) is 154 Å². The van der Waals surface area contributed by atoms with E-state index in [0.29, 0.717) is 31.6 Å². The Morgan fingerprint density at radius 2 is 1.62 bits per heavy atom. The average Bonchev–Trinajstić information content (AvgIpc) is 3.59. The van der Waals surface area contributed by atoms with E-state index in [1.54, 1.807) is 0 Å². The lowest BCUT2D eigenvalue weighted by Crippen LogP contribution is -2.50. The normalized spacial score (nSPS) is 34.1. The quantitative estimate of drug-likeness (QED) is 0.200. The Balaban J connectivity index is 1.18. The summed E-state index contributed by atoms with van der Waals surface area (Å²) in [5.74, 6) is -0.349. The maximum atomic E-state index is 13.4. The molecule has 0 aromatic rings. The number of unbranched alkanes of at least 4 members (excludes halogenated alkanes) is 8. The van der Waals surface area contributed by atoms with E-state index in [1.807, 2.05) is 0 Å². The summed E-state index contributed by atoms with van der Waals surface area (Å²) in [5, 5.41) is 21.6. The van der Waals surface area contributed by atoms with E-state index >= 15 is 0 Å². The number of ether oxygens (including phenoxy) is 1. The van der Waals surface area contributed by atoms with Gasteiger partial charge in [-0.15, -0.1) is 0 Å². The van der Waals surface area contributed by atoms with Crippen molar-refractivity contribution in [3.8, 4) is 0 Å². The van der Waals surface area contributed by atoms with E-state index in [9.17, 15) is 23.4 Å². The Morgan fingerprint density at radius 1 is 0.974 bits per heavy atom. The Morgan fingerprint density at radius 3 is 2.31 bits per heavy atom. The second kappa shape index (κ2) is 12.9. The number of amides is 1. The summed E-state index contributed by atoms with van der Waals surface area (Å²) in [5.41, 5.74) is -0.547. The van der Waals surface area contributed by atoms with Crippen molar-refractivity contribution >= 4 is 15.9 Å². The van der Waals surface area contributed by atoms with Gasteiger partial charge in [-0.3, -0.25) is 4.79 Å². The van der Waals surface area contributed by atoms with Crippen molar-refractivity contribution in [2.24, 2.45) is 16.7 Å². The van der Waals surface area contributed by atoms with Gasteiger partial charge in [0.25, 0.3) is 5.91 Å². The molecule has 7 nitrogen and oxygen atoms in total. The van der Waals surface area contributed by atoms with E-state index in [2.05, 4.69) is 32.9 Å². The van der Waals surface area contributed by atoms with Gasteiger partial charge in [0.15, 0.2) is 6.10 Å². The molecule has 2 aliphatic heterocycles. The fourth-order valence-electron chi connectivity index (χ4n) is 8.16. The van der Waals surface area contributed by atoms with Crippen molar-refractivity contribution in [2.75, 3.05) is 5.75 Å². The van der Waals surface area contributed by atoms with Crippen LogP contribution in [0, 0.1) is 16.7 Å². The predicted octanol–water partition coefficient (Wildman–Crippen LogP) is 5.49. The number of fused-ring (bicyclic) bond motifs is 1. The minimum Gasteiger partial charge on any atom is -0.390 e. The molecule has 1 amide bonds. The second-order valence-corrected chi connectivity index (χ2v) is 15.2. The van der Waals surface area contributed by atoms with Gasteiger partial charge in [0, 0.05) is 5.41 Å². The third-order valence-electron chi connectivity index (χ3n) is 10.8. The summed E-state index contributed by atoms with van der Waals surface area (Å²) in [4.78, 5) is 13.4. The summed E-state index contributed by atoms with van der Waals surface area (Å²) >= 11 is 0. The van der Waals surface area contributed by atoms with Gasteiger partial charge >= 0.3 is 0 Å². The van der Waals surface area contributed by atoms with Crippen LogP contribution in [-0.4, -0.2) is 65.1 Å². The molecule has 4 rings (SSSR count). The third kappa shape index (κ3) is 6.29. The number of hydrogen-bond donors (Lipinski definition) is 2. The molecule has 7 atom stereocenters. The highest BCUT2D eigenvalue weighted by Crippen LogP contribution is 2.70. The zero-order valence-electron chi connectivity index (χ0n) is 24.5. The maximum absolute atomic E-state index is 13.4. The first-order valence-electron chi connectivity index (χ1n) is 15.8. The predicted molar refractivity (Wildman–Crippen MR) is 153 cm³/mol. The van der Waals surface area contributed by atoms with Gasteiger partial charge < -0.3 is 14.9 Å². The highest BCUT2D eigenvalue weighted by molar-refractivity contribution is 7.90. The molecule has 2 bridgehead atoms. The summed E-state index contributed by atoms with van der Waals surface area (Å²) < 4.78 is 33.3. The molecule has 8 heteroatoms. The smallest absolute Gasteiger partial charge is 0.267 e. The highest BCUT2D eigenvalue weighted by atomic mass is 32.2. The van der Waals surface area contributed by atoms with Gasteiger partial charge in [-0.05, 0) is 69.1 Å². The Hall–Kier alpha value is -0.960. The van der Waals surface area contributed by atoms with Crippen LogP contribution in [0.3, 0.4) is 0 Å². The van der Waals surface area contributed by atoms with Crippen LogP contribution in [0.2, 0.25) is 0 Å². The molecule has 2 aliphatic carbocycles. The van der Waals surface area contributed by atoms with Gasteiger partial charge in [0.05, 0.1) is 30.1 Å². The number of rotatable bonds is 15. The molecule has 1 spiro atoms. The highest BCUT2D eigenvalue weighted by Gasteiger charge is 2.72. The van der Waals surface area contributed by atoms with Crippen molar-refractivity contribution < 1.29 is 28.2 Å². The first kappa shape index (κ1) is 31.0. The number of aliphatic hydroxyl groups excluding tert-OH is 2. The first-order chi connectivity index (χ1) is 18.5. The summed E-state index contributed by atoms with van der Waals surface area (Å²) in [6, 6.07) is -0.362. The Kier molecular flexibility index (Phi) is 10.3. The number of hydrogen-bond acceptors (Lipinski definition) is 6. The fourth-order valence-corrected chi connectivity index (χ4v) is 10.7. The zero-order chi connectivity index (χ0) is 28.3. The molecule has 2 N–H and O–H groups in total. The largest absolute Gasteiger partial charge is 0.390 e. The van der Waals surface area contributed by atoms with E-state index in [0.717, 1.165) is 30.0 Å². The van der Waals surface area contributed by atoms with Crippen molar-refractivity contribution in [1.82, 2.24) is 4.31 Å². The van der Waals surface area contributed by atoms with Crippen LogP contribution in [0.1, 0.15) is 124 Å². The molecular formula is C31H53NO6S. The minimum atomic E-state index is -3.78. The van der Waals surface area contributed by atoms with Gasteiger partial charge in [-0.25, -0.2) is 12.7 Å².